The van der Waals surface area contributed by atoms with E-state index in [0.717, 1.165) is 43.9 Å². The summed E-state index contributed by atoms with van der Waals surface area (Å²) in [6, 6.07) is 8.72. The van der Waals surface area contributed by atoms with Crippen LogP contribution in [0.1, 0.15) is 69.7 Å². The molecule has 31 heavy (non-hydrogen) atoms. The number of ether oxygens (including phenoxy) is 1. The third-order valence-corrected chi connectivity index (χ3v) is 5.81. The maximum atomic E-state index is 13.1. The molecule has 2 aromatic rings. The molecule has 0 unspecified atom stereocenters. The van der Waals surface area contributed by atoms with E-state index in [9.17, 15) is 14.4 Å². The number of aromatic nitrogens is 1. The van der Waals surface area contributed by atoms with Gasteiger partial charge in [-0.05, 0) is 39.7 Å². The van der Waals surface area contributed by atoms with E-state index in [1.165, 1.54) is 10.6 Å². The van der Waals surface area contributed by atoms with Crippen molar-refractivity contribution in [1.29, 1.82) is 0 Å². The molecule has 0 bridgehead atoms. The van der Waals surface area contributed by atoms with Crippen LogP contribution < -0.4 is 16.2 Å². The quantitative estimate of drug-likeness (QED) is 0.725. The number of aryl methyl sites for hydroxylation is 1. The van der Waals surface area contributed by atoms with Crippen molar-refractivity contribution in [2.75, 3.05) is 6.54 Å². The Kier molecular flexibility index (Phi) is 6.72. The smallest absolute Gasteiger partial charge is 0.408 e. The maximum absolute atomic E-state index is 13.1. The van der Waals surface area contributed by atoms with Gasteiger partial charge in [0.25, 0.3) is 11.5 Å². The summed E-state index contributed by atoms with van der Waals surface area (Å²) >= 11 is 0. The summed E-state index contributed by atoms with van der Waals surface area (Å²) in [5.41, 5.74) is -0.345. The molecule has 0 radical (unpaired) electrons. The summed E-state index contributed by atoms with van der Waals surface area (Å²) in [5.74, 6) is -0.316. The van der Waals surface area contributed by atoms with Crippen molar-refractivity contribution in [1.82, 2.24) is 15.2 Å². The highest BCUT2D eigenvalue weighted by Gasteiger charge is 2.35. The molecule has 2 N–H and O–H groups in total. The van der Waals surface area contributed by atoms with E-state index >= 15 is 0 Å². The Morgan fingerprint density at radius 2 is 1.74 bits per heavy atom. The molecule has 1 aliphatic rings. The van der Waals surface area contributed by atoms with Crippen molar-refractivity contribution in [3.8, 4) is 0 Å². The fourth-order valence-corrected chi connectivity index (χ4v) is 4.21. The maximum Gasteiger partial charge on any atom is 0.408 e. The van der Waals surface area contributed by atoms with Crippen molar-refractivity contribution in [2.24, 2.45) is 7.05 Å². The molecule has 1 aromatic heterocycles. The van der Waals surface area contributed by atoms with E-state index in [-0.39, 0.29) is 18.0 Å². The summed E-state index contributed by atoms with van der Waals surface area (Å²) in [6.07, 6.45) is 5.22. The first kappa shape index (κ1) is 22.8. The summed E-state index contributed by atoms with van der Waals surface area (Å²) in [4.78, 5) is 38.0. The number of para-hydroxylation sites is 1. The van der Waals surface area contributed by atoms with Gasteiger partial charge in [-0.25, -0.2) is 4.79 Å². The molecule has 168 valence electrons. The van der Waals surface area contributed by atoms with Gasteiger partial charge < -0.3 is 19.9 Å². The van der Waals surface area contributed by atoms with Gasteiger partial charge in [0.2, 0.25) is 0 Å². The van der Waals surface area contributed by atoms with Crippen LogP contribution in [0.4, 0.5) is 4.79 Å². The lowest BCUT2D eigenvalue weighted by molar-refractivity contribution is 0.0437. The number of pyridine rings is 1. The Morgan fingerprint density at radius 1 is 1.10 bits per heavy atom. The molecule has 0 aliphatic heterocycles. The molecule has 7 heteroatoms. The zero-order valence-electron chi connectivity index (χ0n) is 18.9. The average molecular weight is 428 g/mol. The minimum atomic E-state index is -0.595. The highest BCUT2D eigenvalue weighted by molar-refractivity contribution is 6.06. The lowest BCUT2D eigenvalue weighted by Crippen LogP contribution is -2.56. The van der Waals surface area contributed by atoms with Gasteiger partial charge in [-0.1, -0.05) is 43.9 Å². The highest BCUT2D eigenvalue weighted by Crippen LogP contribution is 2.27. The largest absolute Gasteiger partial charge is 0.444 e. The van der Waals surface area contributed by atoms with Crippen molar-refractivity contribution >= 4 is 22.9 Å². The van der Waals surface area contributed by atoms with Crippen LogP contribution in [0.5, 0.6) is 0 Å². The van der Waals surface area contributed by atoms with Crippen molar-refractivity contribution in [3.63, 3.8) is 0 Å². The predicted molar refractivity (Wildman–Crippen MR) is 121 cm³/mol. The number of carbonyl (C=O) groups is 2. The van der Waals surface area contributed by atoms with E-state index in [1.54, 1.807) is 7.05 Å². The molecule has 7 nitrogen and oxygen atoms in total. The van der Waals surface area contributed by atoms with E-state index in [1.807, 2.05) is 45.0 Å². The van der Waals surface area contributed by atoms with Crippen molar-refractivity contribution in [2.45, 2.75) is 70.4 Å². The van der Waals surface area contributed by atoms with Gasteiger partial charge in [0.05, 0.1) is 16.6 Å². The minimum Gasteiger partial charge on any atom is -0.444 e. The van der Waals surface area contributed by atoms with Gasteiger partial charge in [-0.15, -0.1) is 0 Å². The van der Waals surface area contributed by atoms with Crippen LogP contribution in [0.3, 0.4) is 0 Å². The average Bonchev–Trinajstić information content (AvgIpc) is 2.93. The Hall–Kier alpha value is -2.83. The molecular weight excluding hydrogens is 394 g/mol. The second-order valence-corrected chi connectivity index (χ2v) is 9.48. The van der Waals surface area contributed by atoms with Gasteiger partial charge >= 0.3 is 6.09 Å². The molecule has 2 amide bonds. The van der Waals surface area contributed by atoms with Gasteiger partial charge in [0.1, 0.15) is 5.60 Å². The number of nitrogens with zero attached hydrogens (tertiary/aromatic N) is 1. The van der Waals surface area contributed by atoms with E-state index < -0.39 is 17.2 Å². The van der Waals surface area contributed by atoms with Gasteiger partial charge in [0.15, 0.2) is 0 Å². The van der Waals surface area contributed by atoms with Crippen LogP contribution in [0.2, 0.25) is 0 Å². The Morgan fingerprint density at radius 3 is 2.39 bits per heavy atom. The Balaban J connectivity index is 1.82. The van der Waals surface area contributed by atoms with E-state index in [0.29, 0.717) is 11.1 Å². The summed E-state index contributed by atoms with van der Waals surface area (Å²) in [7, 11) is 1.69. The first-order chi connectivity index (χ1) is 14.6. The Bertz CT molecular complexity index is 1010. The number of carbonyl (C=O) groups excluding carboxylic acids is 2. The second-order valence-electron chi connectivity index (χ2n) is 9.48. The third-order valence-electron chi connectivity index (χ3n) is 5.81. The molecule has 1 saturated carbocycles. The van der Waals surface area contributed by atoms with Crippen LogP contribution in [-0.4, -0.2) is 34.3 Å². The van der Waals surface area contributed by atoms with Crippen LogP contribution in [0.25, 0.3) is 10.9 Å². The summed E-state index contributed by atoms with van der Waals surface area (Å²) in [6.45, 7) is 5.77. The molecule has 1 aromatic carbocycles. The van der Waals surface area contributed by atoms with Crippen LogP contribution in [-0.2, 0) is 11.8 Å². The molecule has 1 heterocycles. The molecule has 0 saturated heterocycles. The lowest BCUT2D eigenvalue weighted by atomic mass is 9.90. The predicted octanol–water partition coefficient (Wildman–Crippen LogP) is 3.89. The molecular formula is C24H33N3O4. The zero-order valence-corrected chi connectivity index (χ0v) is 18.9. The lowest BCUT2D eigenvalue weighted by Gasteiger charge is -2.35. The zero-order chi connectivity index (χ0) is 22.6. The summed E-state index contributed by atoms with van der Waals surface area (Å²) in [5, 5.41) is 6.76. The van der Waals surface area contributed by atoms with Crippen LogP contribution in [0, 0.1) is 0 Å². The van der Waals surface area contributed by atoms with Crippen molar-refractivity contribution in [3.05, 3.63) is 46.2 Å². The van der Waals surface area contributed by atoms with E-state index in [2.05, 4.69) is 10.6 Å². The number of hydrogen-bond donors (Lipinski definition) is 2. The number of nitrogens with one attached hydrogen (secondary N) is 2. The fourth-order valence-electron chi connectivity index (χ4n) is 4.21. The summed E-state index contributed by atoms with van der Waals surface area (Å²) < 4.78 is 7.01. The number of fused-ring (bicyclic) bond motifs is 1. The van der Waals surface area contributed by atoms with Gasteiger partial charge in [0, 0.05) is 25.0 Å². The van der Waals surface area contributed by atoms with Crippen LogP contribution >= 0.6 is 0 Å². The molecule has 3 rings (SSSR count). The van der Waals surface area contributed by atoms with Crippen LogP contribution in [0.15, 0.2) is 35.1 Å². The second kappa shape index (κ2) is 9.12. The monoisotopic (exact) mass is 427 g/mol. The van der Waals surface area contributed by atoms with E-state index in [4.69, 9.17) is 4.74 Å². The third kappa shape index (κ3) is 5.66. The Labute approximate surface area is 183 Å². The topological polar surface area (TPSA) is 89.4 Å². The molecule has 0 atom stereocenters. The standard InChI is InChI=1S/C24H33N3O4/c1-23(2,3)31-22(30)26-24(13-9-5-6-10-14-24)16-25-21(29)18-15-20(28)27(4)19-12-8-7-11-17(18)19/h7-8,11-12,15H,5-6,9-10,13-14,16H2,1-4H3,(H,25,29)(H,26,30). The fraction of sp³-hybridized carbons (Fsp3) is 0.542. The number of benzene rings is 1. The minimum absolute atomic E-state index is 0.236. The molecule has 1 aliphatic carbocycles. The normalized spacial score (nSPS) is 16.4. The number of hydrogen-bond acceptors (Lipinski definition) is 4. The first-order valence-corrected chi connectivity index (χ1v) is 11.0. The van der Waals surface area contributed by atoms with Gasteiger partial charge in [-0.2, -0.15) is 0 Å². The van der Waals surface area contributed by atoms with Crippen molar-refractivity contribution < 1.29 is 14.3 Å². The number of amides is 2. The van der Waals surface area contributed by atoms with Gasteiger partial charge in [-0.3, -0.25) is 9.59 Å². The first-order valence-electron chi connectivity index (χ1n) is 11.0. The SMILES string of the molecule is Cn1c(=O)cc(C(=O)NCC2(NC(=O)OC(C)(C)C)CCCCCC2)c2ccccc21. The highest BCUT2D eigenvalue weighted by atomic mass is 16.6. The number of alkyl carbamates (subject to hydrolysis) is 1. The molecule has 0 spiro atoms. The molecule has 1 fully saturated rings. The number of rotatable bonds is 4.